The van der Waals surface area contributed by atoms with E-state index in [2.05, 4.69) is 29.2 Å². The number of benzene rings is 3. The molecule has 1 unspecified atom stereocenters. The lowest BCUT2D eigenvalue weighted by atomic mass is 10.0. The summed E-state index contributed by atoms with van der Waals surface area (Å²) in [6.45, 7) is 3.37. The normalized spacial score (nSPS) is 13.8. The van der Waals surface area contributed by atoms with Crippen LogP contribution in [0.2, 0.25) is 0 Å². The first kappa shape index (κ1) is 22.3. The fraction of sp³-hybridized carbons (Fsp3) is 0.280. The molecule has 0 fully saturated rings. The van der Waals surface area contributed by atoms with Crippen LogP contribution in [0.1, 0.15) is 23.6 Å². The molecule has 0 spiro atoms. The molecule has 1 N–H and O–H groups in total. The molecule has 5 heteroatoms. The van der Waals surface area contributed by atoms with Crippen molar-refractivity contribution in [1.29, 1.82) is 0 Å². The summed E-state index contributed by atoms with van der Waals surface area (Å²) in [5, 5.41) is 11.0. The van der Waals surface area contributed by atoms with Crippen LogP contribution in [0.25, 0.3) is 0 Å². The van der Waals surface area contributed by atoms with Crippen LogP contribution in [0.15, 0.2) is 91.0 Å². The average molecular weight is 422 g/mol. The predicted molar refractivity (Wildman–Crippen MR) is 121 cm³/mol. The van der Waals surface area contributed by atoms with E-state index in [1.807, 2.05) is 66.7 Å². The summed E-state index contributed by atoms with van der Waals surface area (Å²) in [6.07, 6.45) is 0.579. The van der Waals surface area contributed by atoms with Gasteiger partial charge in [0.1, 0.15) is 0 Å². The van der Waals surface area contributed by atoms with E-state index in [1.54, 1.807) is 6.92 Å². The summed E-state index contributed by atoms with van der Waals surface area (Å²) in [6, 6.07) is 30.0. The minimum atomic E-state index is -2.20. The molecule has 0 aromatic heterocycles. The van der Waals surface area contributed by atoms with Crippen LogP contribution in [0.3, 0.4) is 0 Å². The molecule has 3 aromatic carbocycles. The highest BCUT2D eigenvalue weighted by atomic mass is 31.1. The number of rotatable bonds is 11. The zero-order valence-electron chi connectivity index (χ0n) is 17.3. The quantitative estimate of drug-likeness (QED) is 0.421. The summed E-state index contributed by atoms with van der Waals surface area (Å²) < 4.78 is 17.9. The van der Waals surface area contributed by atoms with Gasteiger partial charge < -0.3 is 5.11 Å². The van der Waals surface area contributed by atoms with E-state index in [-0.39, 0.29) is 6.04 Å². The molecule has 0 saturated carbocycles. The molecule has 4 nitrogen and oxygen atoms in total. The van der Waals surface area contributed by atoms with Gasteiger partial charge in [-0.05, 0) is 34.6 Å². The lowest BCUT2D eigenvalue weighted by Crippen LogP contribution is -2.43. The lowest BCUT2D eigenvalue weighted by Gasteiger charge is -2.31. The van der Waals surface area contributed by atoms with Crippen molar-refractivity contribution in [3.8, 4) is 0 Å². The maximum Gasteiger partial charge on any atom is 0.542 e. The lowest BCUT2D eigenvalue weighted by molar-refractivity contribution is 0.0772. The van der Waals surface area contributed by atoms with Crippen molar-refractivity contribution in [1.82, 2.24) is 4.90 Å². The Hall–Kier alpha value is -2.36. The molecule has 0 bridgehead atoms. The molecular weight excluding hydrogens is 393 g/mol. The molecule has 30 heavy (non-hydrogen) atoms. The molecule has 0 aliphatic heterocycles. The molecule has 0 heterocycles. The minimum absolute atomic E-state index is 0.307. The van der Waals surface area contributed by atoms with Gasteiger partial charge in [-0.2, -0.15) is 0 Å². The summed E-state index contributed by atoms with van der Waals surface area (Å²) in [5.41, 5.74) is 3.38. The Morgan fingerprint density at radius 1 is 0.800 bits per heavy atom. The van der Waals surface area contributed by atoms with Crippen LogP contribution >= 0.6 is 8.03 Å². The van der Waals surface area contributed by atoms with Gasteiger partial charge in [0.15, 0.2) is 0 Å². The first-order valence-electron chi connectivity index (χ1n) is 10.3. The van der Waals surface area contributed by atoms with Crippen molar-refractivity contribution in [2.24, 2.45) is 0 Å². The second-order valence-corrected chi connectivity index (χ2v) is 8.61. The molecule has 0 saturated heterocycles. The van der Waals surface area contributed by atoms with Gasteiger partial charge in [0.2, 0.25) is 0 Å². The summed E-state index contributed by atoms with van der Waals surface area (Å²) in [4.78, 5) is 2.20. The molecule has 3 rings (SSSR count). The Bertz CT molecular complexity index is 849. The van der Waals surface area contributed by atoms with E-state index in [4.69, 9.17) is 4.52 Å². The molecule has 3 aromatic rings. The van der Waals surface area contributed by atoms with Crippen molar-refractivity contribution in [2.45, 2.75) is 38.3 Å². The molecule has 0 aliphatic carbocycles. The van der Waals surface area contributed by atoms with Gasteiger partial charge >= 0.3 is 13.9 Å². The van der Waals surface area contributed by atoms with Crippen molar-refractivity contribution >= 4 is 8.03 Å². The largest absolute Gasteiger partial charge is 0.542 e. The van der Waals surface area contributed by atoms with Gasteiger partial charge in [-0.25, -0.2) is 0 Å². The zero-order chi connectivity index (χ0) is 21.2. The van der Waals surface area contributed by atoms with E-state index in [9.17, 15) is 9.67 Å². The number of aliphatic hydroxyl groups is 1. The van der Waals surface area contributed by atoms with Crippen LogP contribution in [-0.4, -0.2) is 28.5 Å². The summed E-state index contributed by atoms with van der Waals surface area (Å²) in [7, 11) is -2.20. The van der Waals surface area contributed by atoms with Crippen molar-refractivity contribution in [2.75, 3.05) is 6.61 Å². The predicted octanol–water partition coefficient (Wildman–Crippen LogP) is 5.40. The maximum atomic E-state index is 12.6. The molecular formula is C25H29NO3P+. The Labute approximate surface area is 180 Å². The Morgan fingerprint density at radius 3 is 1.67 bits per heavy atom. The Kier molecular flexibility index (Phi) is 8.73. The second kappa shape index (κ2) is 11.7. The SMILES string of the molecule is CCO[P+](=O)[C@@H](O)[C@@H](Cc1ccccc1)N(Cc1ccccc1)Cc1ccccc1. The third-order valence-electron chi connectivity index (χ3n) is 5.03. The number of nitrogens with zero attached hydrogens (tertiary/aromatic N) is 1. The third kappa shape index (κ3) is 6.58. The van der Waals surface area contributed by atoms with Gasteiger partial charge in [0.05, 0.1) is 12.6 Å². The van der Waals surface area contributed by atoms with E-state index in [1.165, 1.54) is 0 Å². The van der Waals surface area contributed by atoms with E-state index < -0.39 is 13.9 Å². The van der Waals surface area contributed by atoms with Crippen LogP contribution in [-0.2, 0) is 28.6 Å². The highest BCUT2D eigenvalue weighted by molar-refractivity contribution is 7.39. The first-order chi connectivity index (χ1) is 14.7. The van der Waals surface area contributed by atoms with E-state index >= 15 is 0 Å². The van der Waals surface area contributed by atoms with Gasteiger partial charge in [-0.15, -0.1) is 4.52 Å². The fourth-order valence-corrected chi connectivity index (χ4v) is 4.53. The first-order valence-corrected chi connectivity index (χ1v) is 11.5. The highest BCUT2D eigenvalue weighted by Gasteiger charge is 2.41. The van der Waals surface area contributed by atoms with Gasteiger partial charge in [-0.1, -0.05) is 91.0 Å². The maximum absolute atomic E-state index is 12.6. The number of aliphatic hydroxyl groups excluding tert-OH is 1. The van der Waals surface area contributed by atoms with Gasteiger partial charge in [0, 0.05) is 13.1 Å². The topological polar surface area (TPSA) is 49.8 Å². The minimum Gasteiger partial charge on any atom is -0.347 e. The van der Waals surface area contributed by atoms with Crippen LogP contribution in [0.5, 0.6) is 0 Å². The third-order valence-corrected chi connectivity index (χ3v) is 6.32. The molecule has 0 aliphatic rings. The van der Waals surface area contributed by atoms with E-state index in [0.29, 0.717) is 26.1 Å². The summed E-state index contributed by atoms with van der Waals surface area (Å²) >= 11 is 0. The summed E-state index contributed by atoms with van der Waals surface area (Å²) in [5.74, 6) is -1.09. The van der Waals surface area contributed by atoms with Gasteiger partial charge in [0.25, 0.3) is 0 Å². The van der Waals surface area contributed by atoms with Crippen molar-refractivity contribution in [3.05, 3.63) is 108 Å². The molecule has 0 radical (unpaired) electrons. The monoisotopic (exact) mass is 422 g/mol. The Morgan fingerprint density at radius 2 is 1.23 bits per heavy atom. The van der Waals surface area contributed by atoms with Crippen molar-refractivity contribution < 1.29 is 14.2 Å². The van der Waals surface area contributed by atoms with E-state index in [0.717, 1.165) is 16.7 Å². The second-order valence-electron chi connectivity index (χ2n) is 7.25. The van der Waals surface area contributed by atoms with Gasteiger partial charge in [-0.3, -0.25) is 4.90 Å². The molecule has 0 amide bonds. The number of hydrogen-bond acceptors (Lipinski definition) is 4. The Balaban J connectivity index is 1.93. The smallest absolute Gasteiger partial charge is 0.347 e. The van der Waals surface area contributed by atoms with Crippen molar-refractivity contribution in [3.63, 3.8) is 0 Å². The van der Waals surface area contributed by atoms with Crippen LogP contribution in [0, 0.1) is 0 Å². The highest BCUT2D eigenvalue weighted by Crippen LogP contribution is 2.34. The molecule has 156 valence electrons. The fourth-order valence-electron chi connectivity index (χ4n) is 3.55. The molecule has 3 atom stereocenters. The van der Waals surface area contributed by atoms with Crippen LogP contribution < -0.4 is 0 Å². The average Bonchev–Trinajstić information content (AvgIpc) is 2.79. The number of hydrogen-bond donors (Lipinski definition) is 1. The zero-order valence-corrected chi connectivity index (χ0v) is 18.2. The van der Waals surface area contributed by atoms with Crippen LogP contribution in [0.4, 0.5) is 0 Å². The standard InChI is InChI=1S/C25H29NO3P/c1-2-29-30(28)25(27)24(18-21-12-6-3-7-13-21)26(19-22-14-8-4-9-15-22)20-23-16-10-5-11-17-23/h3-17,24-25,27H,2,18-20H2,1H3/q+1/t24-,25-/m1/s1.